The van der Waals surface area contributed by atoms with Crippen molar-refractivity contribution in [3.63, 3.8) is 0 Å². The van der Waals surface area contributed by atoms with Gasteiger partial charge >= 0.3 is 0 Å². The van der Waals surface area contributed by atoms with Gasteiger partial charge in [-0.3, -0.25) is 0 Å². The summed E-state index contributed by atoms with van der Waals surface area (Å²) in [6.45, 7) is 3.43. The minimum absolute atomic E-state index is 0.278. The summed E-state index contributed by atoms with van der Waals surface area (Å²) in [4.78, 5) is 13.0. The van der Waals surface area contributed by atoms with Crippen LogP contribution in [0.5, 0.6) is 0 Å². The summed E-state index contributed by atoms with van der Waals surface area (Å²) in [6, 6.07) is 2.15. The molecule has 23 heavy (non-hydrogen) atoms. The molecule has 0 saturated carbocycles. The Morgan fingerprint density at radius 1 is 1.35 bits per heavy atom. The number of aromatic nitrogens is 5. The fourth-order valence-electron chi connectivity index (χ4n) is 2.72. The van der Waals surface area contributed by atoms with Crippen molar-refractivity contribution >= 4 is 17.3 Å². The second-order valence-electron chi connectivity index (χ2n) is 5.65. The molecule has 1 aliphatic heterocycles. The lowest BCUT2D eigenvalue weighted by Crippen LogP contribution is -2.19. The molecule has 0 spiro atoms. The largest absolute Gasteiger partial charge is 0.382 e. The average molecular weight is 311 g/mol. The minimum atomic E-state index is 0.278. The molecule has 3 N–H and O–H groups in total. The summed E-state index contributed by atoms with van der Waals surface area (Å²) < 4.78 is 7.05. The molecule has 0 bridgehead atoms. The monoisotopic (exact) mass is 311 g/mol. The van der Waals surface area contributed by atoms with Crippen LogP contribution in [0.2, 0.25) is 0 Å². The van der Waals surface area contributed by atoms with E-state index < -0.39 is 0 Å². The van der Waals surface area contributed by atoms with Gasteiger partial charge in [0.25, 0.3) is 0 Å². The van der Waals surface area contributed by atoms with Crippen LogP contribution in [0.15, 0.2) is 24.8 Å². The number of nitrogens with two attached hydrogens (primary N) is 1. The van der Waals surface area contributed by atoms with Crippen LogP contribution < -0.4 is 11.1 Å². The number of fused-ring (bicyclic) bond motifs is 1. The maximum Gasteiger partial charge on any atom is 0.166 e. The van der Waals surface area contributed by atoms with E-state index in [9.17, 15) is 0 Å². The van der Waals surface area contributed by atoms with E-state index in [1.807, 2.05) is 19.2 Å². The summed E-state index contributed by atoms with van der Waals surface area (Å²) >= 11 is 0. The molecule has 1 aliphatic rings. The molecule has 1 atom stereocenters. The number of nitrogens with zero attached hydrogens (tertiary/aromatic N) is 5. The van der Waals surface area contributed by atoms with Gasteiger partial charge in [-0.25, -0.2) is 19.5 Å². The van der Waals surface area contributed by atoms with Crippen LogP contribution >= 0.6 is 0 Å². The Hall–Kier alpha value is -2.74. The van der Waals surface area contributed by atoms with Gasteiger partial charge in [-0.05, 0) is 18.9 Å². The highest BCUT2D eigenvalue weighted by molar-refractivity contribution is 5.84. The predicted octanol–water partition coefficient (Wildman–Crippen LogP) is 1.28. The zero-order chi connectivity index (χ0) is 15.8. The molecule has 3 aromatic rings. The standard InChI is InChI=1S/C15H17N7O/c1-9-5-17-15-13(14(16)21-22(15)6-9)11-4-12(19-8-18-11)20-10-2-3-23-7-10/h4-6,8,10H,2-3,7H2,1H3,(H2,16,21)(H,18,19,20)/t10-/m1/s1. The van der Waals surface area contributed by atoms with Crippen LogP contribution in [0, 0.1) is 6.92 Å². The lowest BCUT2D eigenvalue weighted by Gasteiger charge is -2.11. The number of nitrogen functional groups attached to an aromatic ring is 1. The molecule has 4 rings (SSSR count). The van der Waals surface area contributed by atoms with Crippen LogP contribution in [0.4, 0.5) is 11.6 Å². The van der Waals surface area contributed by atoms with E-state index >= 15 is 0 Å². The van der Waals surface area contributed by atoms with Gasteiger partial charge in [0.2, 0.25) is 0 Å². The lowest BCUT2D eigenvalue weighted by atomic mass is 10.2. The molecule has 0 aliphatic carbocycles. The van der Waals surface area contributed by atoms with Crippen molar-refractivity contribution < 1.29 is 4.74 Å². The molecule has 0 aromatic carbocycles. The van der Waals surface area contributed by atoms with Gasteiger partial charge in [-0.2, -0.15) is 0 Å². The summed E-state index contributed by atoms with van der Waals surface area (Å²) in [5.41, 5.74) is 9.19. The van der Waals surface area contributed by atoms with E-state index in [0.29, 0.717) is 23.8 Å². The van der Waals surface area contributed by atoms with Gasteiger partial charge in [0.15, 0.2) is 11.5 Å². The summed E-state index contributed by atoms with van der Waals surface area (Å²) in [6.07, 6.45) is 6.16. The molecule has 8 heteroatoms. The number of rotatable bonds is 3. The van der Waals surface area contributed by atoms with Gasteiger partial charge in [-0.15, -0.1) is 5.10 Å². The Bertz CT molecular complexity index is 854. The van der Waals surface area contributed by atoms with Gasteiger partial charge in [-0.1, -0.05) is 0 Å². The number of hydrogen-bond donors (Lipinski definition) is 2. The first kappa shape index (κ1) is 13.9. The van der Waals surface area contributed by atoms with Crippen molar-refractivity contribution in [3.05, 3.63) is 30.4 Å². The van der Waals surface area contributed by atoms with E-state index in [0.717, 1.165) is 30.0 Å². The molecule has 3 aromatic heterocycles. The van der Waals surface area contributed by atoms with E-state index in [1.54, 1.807) is 10.7 Å². The van der Waals surface area contributed by atoms with Gasteiger partial charge in [0.05, 0.1) is 23.9 Å². The first-order chi connectivity index (χ1) is 11.2. The summed E-state index contributed by atoms with van der Waals surface area (Å²) in [5, 5.41) is 7.67. The highest BCUT2D eigenvalue weighted by atomic mass is 16.5. The molecule has 8 nitrogen and oxygen atoms in total. The molecule has 118 valence electrons. The third kappa shape index (κ3) is 2.57. The van der Waals surface area contributed by atoms with Crippen LogP contribution in [0.3, 0.4) is 0 Å². The quantitative estimate of drug-likeness (QED) is 0.751. The van der Waals surface area contributed by atoms with E-state index in [-0.39, 0.29) is 6.04 Å². The topological polar surface area (TPSA) is 103 Å². The molecular weight excluding hydrogens is 294 g/mol. The number of anilines is 2. The zero-order valence-electron chi connectivity index (χ0n) is 12.7. The van der Waals surface area contributed by atoms with Crippen molar-refractivity contribution in [1.82, 2.24) is 24.6 Å². The number of aryl methyl sites for hydroxylation is 1. The molecular formula is C15H17N7O. The van der Waals surface area contributed by atoms with Crippen LogP contribution in [-0.2, 0) is 4.74 Å². The van der Waals surface area contributed by atoms with Crippen molar-refractivity contribution in [2.24, 2.45) is 0 Å². The molecule has 1 saturated heterocycles. The molecule has 0 amide bonds. The van der Waals surface area contributed by atoms with Gasteiger partial charge in [0, 0.05) is 25.1 Å². The number of ether oxygens (including phenoxy) is 1. The minimum Gasteiger partial charge on any atom is -0.382 e. The van der Waals surface area contributed by atoms with E-state index in [2.05, 4.69) is 25.4 Å². The fourth-order valence-corrected chi connectivity index (χ4v) is 2.72. The van der Waals surface area contributed by atoms with Crippen LogP contribution in [-0.4, -0.2) is 43.8 Å². The second-order valence-corrected chi connectivity index (χ2v) is 5.65. The summed E-state index contributed by atoms with van der Waals surface area (Å²) in [7, 11) is 0. The second kappa shape index (κ2) is 5.47. The van der Waals surface area contributed by atoms with Crippen molar-refractivity contribution in [2.45, 2.75) is 19.4 Å². The van der Waals surface area contributed by atoms with Crippen LogP contribution in [0.25, 0.3) is 16.9 Å². The zero-order valence-corrected chi connectivity index (χ0v) is 12.7. The Morgan fingerprint density at radius 2 is 2.26 bits per heavy atom. The maximum absolute atomic E-state index is 6.08. The van der Waals surface area contributed by atoms with Gasteiger partial charge in [0.1, 0.15) is 12.1 Å². The van der Waals surface area contributed by atoms with E-state index in [1.165, 1.54) is 6.33 Å². The molecule has 0 unspecified atom stereocenters. The van der Waals surface area contributed by atoms with Crippen molar-refractivity contribution in [3.8, 4) is 11.3 Å². The highest BCUT2D eigenvalue weighted by Crippen LogP contribution is 2.28. The number of nitrogens with one attached hydrogen (secondary N) is 1. The Labute approximate surface area is 132 Å². The molecule has 4 heterocycles. The third-order valence-corrected chi connectivity index (χ3v) is 3.83. The molecule has 0 radical (unpaired) electrons. The molecule has 1 fully saturated rings. The Morgan fingerprint density at radius 3 is 3.09 bits per heavy atom. The predicted molar refractivity (Wildman–Crippen MR) is 86.0 cm³/mol. The Kier molecular flexibility index (Phi) is 3.30. The summed E-state index contributed by atoms with van der Waals surface area (Å²) in [5.74, 6) is 1.15. The average Bonchev–Trinajstić information content (AvgIpc) is 3.14. The Balaban J connectivity index is 1.74. The normalized spacial score (nSPS) is 17.7. The van der Waals surface area contributed by atoms with Crippen molar-refractivity contribution in [2.75, 3.05) is 24.3 Å². The first-order valence-electron chi connectivity index (χ1n) is 7.48. The van der Waals surface area contributed by atoms with E-state index in [4.69, 9.17) is 10.5 Å². The lowest BCUT2D eigenvalue weighted by molar-refractivity contribution is 0.195. The van der Waals surface area contributed by atoms with Gasteiger partial charge < -0.3 is 15.8 Å². The SMILES string of the molecule is Cc1cnc2c(-c3cc(N[C@@H]4CCOC4)ncn3)c(N)nn2c1. The number of hydrogen-bond acceptors (Lipinski definition) is 7. The smallest absolute Gasteiger partial charge is 0.166 e. The van der Waals surface area contributed by atoms with Crippen molar-refractivity contribution in [1.29, 1.82) is 0 Å². The first-order valence-corrected chi connectivity index (χ1v) is 7.48. The fraction of sp³-hybridized carbons (Fsp3) is 0.333. The van der Waals surface area contributed by atoms with Crippen LogP contribution in [0.1, 0.15) is 12.0 Å². The highest BCUT2D eigenvalue weighted by Gasteiger charge is 2.18. The maximum atomic E-state index is 6.08. The third-order valence-electron chi connectivity index (χ3n) is 3.83.